The lowest BCUT2D eigenvalue weighted by atomic mass is 10.0. The molecule has 2 heterocycles. The van der Waals surface area contributed by atoms with Crippen LogP contribution in [0.15, 0.2) is 22.8 Å². The van der Waals surface area contributed by atoms with E-state index in [2.05, 4.69) is 10.2 Å². The lowest BCUT2D eigenvalue weighted by Gasteiger charge is -2.33. The number of hydrogen-bond acceptors (Lipinski definition) is 4. The van der Waals surface area contributed by atoms with Gasteiger partial charge in [0.2, 0.25) is 5.91 Å². The van der Waals surface area contributed by atoms with Crippen LogP contribution in [0.25, 0.3) is 0 Å². The van der Waals surface area contributed by atoms with Gasteiger partial charge in [-0.05, 0) is 57.3 Å². The van der Waals surface area contributed by atoms with Gasteiger partial charge in [-0.1, -0.05) is 6.42 Å². The molecule has 3 atom stereocenters. The maximum atomic E-state index is 12.3. The highest BCUT2D eigenvalue weighted by atomic mass is 16.3. The van der Waals surface area contributed by atoms with Crippen molar-refractivity contribution >= 4 is 5.91 Å². The van der Waals surface area contributed by atoms with Gasteiger partial charge in [0.25, 0.3) is 0 Å². The quantitative estimate of drug-likeness (QED) is 0.874. The van der Waals surface area contributed by atoms with Crippen molar-refractivity contribution in [2.75, 3.05) is 19.6 Å². The number of aliphatic hydroxyl groups is 1. The third-order valence-electron chi connectivity index (χ3n) is 4.99. The third-order valence-corrected chi connectivity index (χ3v) is 4.99. The first-order valence-electron chi connectivity index (χ1n) is 8.49. The van der Waals surface area contributed by atoms with E-state index in [4.69, 9.17) is 4.42 Å². The highest BCUT2D eigenvalue weighted by molar-refractivity contribution is 5.79. The largest absolute Gasteiger partial charge is 0.468 e. The van der Waals surface area contributed by atoms with Crippen LogP contribution in [-0.2, 0) is 4.79 Å². The number of likely N-dealkylation sites (tertiary alicyclic amines) is 1. The third kappa shape index (κ3) is 3.52. The monoisotopic (exact) mass is 306 g/mol. The SMILES string of the molecule is O=C(NCC(c1ccco1)N1CCCCC1)C1CCCC1O. The van der Waals surface area contributed by atoms with Gasteiger partial charge in [-0.2, -0.15) is 0 Å². The highest BCUT2D eigenvalue weighted by Crippen LogP contribution is 2.27. The molecule has 1 aliphatic carbocycles. The van der Waals surface area contributed by atoms with Gasteiger partial charge in [0.1, 0.15) is 5.76 Å². The molecular formula is C17H26N2O3. The molecule has 122 valence electrons. The summed E-state index contributed by atoms with van der Waals surface area (Å²) in [6.45, 7) is 2.65. The number of nitrogens with zero attached hydrogens (tertiary/aromatic N) is 1. The molecule has 2 fully saturated rings. The van der Waals surface area contributed by atoms with Crippen molar-refractivity contribution in [2.24, 2.45) is 5.92 Å². The number of piperidine rings is 1. The minimum atomic E-state index is -0.475. The Morgan fingerprint density at radius 1 is 1.32 bits per heavy atom. The first-order chi connectivity index (χ1) is 10.8. The number of carbonyl (C=O) groups excluding carboxylic acids is 1. The smallest absolute Gasteiger partial charge is 0.225 e. The summed E-state index contributed by atoms with van der Waals surface area (Å²) in [5.41, 5.74) is 0. The normalized spacial score (nSPS) is 27.7. The zero-order chi connectivity index (χ0) is 15.4. The molecule has 1 saturated carbocycles. The molecule has 5 nitrogen and oxygen atoms in total. The van der Waals surface area contributed by atoms with Gasteiger partial charge in [0, 0.05) is 6.54 Å². The standard InChI is InChI=1S/C17H26N2O3/c20-15-7-4-6-13(15)17(21)18-12-14(16-8-5-11-22-16)19-9-2-1-3-10-19/h5,8,11,13-15,20H,1-4,6-7,9-10,12H2,(H,18,21). The van der Waals surface area contributed by atoms with Gasteiger partial charge in [-0.25, -0.2) is 0 Å². The molecule has 5 heteroatoms. The lowest BCUT2D eigenvalue weighted by molar-refractivity contribution is -0.127. The summed E-state index contributed by atoms with van der Waals surface area (Å²) in [4.78, 5) is 14.7. The van der Waals surface area contributed by atoms with E-state index < -0.39 is 6.10 Å². The van der Waals surface area contributed by atoms with Crippen molar-refractivity contribution in [2.45, 2.75) is 50.7 Å². The topological polar surface area (TPSA) is 65.7 Å². The first-order valence-corrected chi connectivity index (χ1v) is 8.49. The van der Waals surface area contributed by atoms with E-state index in [-0.39, 0.29) is 17.9 Å². The lowest BCUT2D eigenvalue weighted by Crippen LogP contribution is -2.43. The summed E-state index contributed by atoms with van der Waals surface area (Å²) in [5.74, 6) is 0.659. The number of rotatable bonds is 5. The van der Waals surface area contributed by atoms with Gasteiger partial charge in [0.15, 0.2) is 0 Å². The van der Waals surface area contributed by atoms with Gasteiger partial charge in [0.05, 0.1) is 24.3 Å². The van der Waals surface area contributed by atoms with Crippen LogP contribution in [0, 0.1) is 5.92 Å². The molecule has 1 amide bonds. The predicted octanol–water partition coefficient (Wildman–Crippen LogP) is 2.08. The highest BCUT2D eigenvalue weighted by Gasteiger charge is 2.32. The Labute approximate surface area is 131 Å². The second kappa shape index (κ2) is 7.29. The van der Waals surface area contributed by atoms with Gasteiger partial charge in [-0.3, -0.25) is 9.69 Å². The molecule has 2 aliphatic rings. The molecule has 1 saturated heterocycles. The Kier molecular flexibility index (Phi) is 5.16. The summed E-state index contributed by atoms with van der Waals surface area (Å²) < 4.78 is 5.59. The van der Waals surface area contributed by atoms with Crippen LogP contribution < -0.4 is 5.32 Å². The van der Waals surface area contributed by atoms with E-state index >= 15 is 0 Å². The minimum Gasteiger partial charge on any atom is -0.468 e. The fourth-order valence-electron chi connectivity index (χ4n) is 3.70. The average Bonchev–Trinajstić information content (AvgIpc) is 3.20. The fourth-order valence-corrected chi connectivity index (χ4v) is 3.70. The predicted molar refractivity (Wildman–Crippen MR) is 83.2 cm³/mol. The Morgan fingerprint density at radius 3 is 2.77 bits per heavy atom. The Balaban J connectivity index is 1.61. The molecule has 3 unspecified atom stereocenters. The minimum absolute atomic E-state index is 0.0152. The van der Waals surface area contributed by atoms with E-state index in [1.165, 1.54) is 19.3 Å². The van der Waals surface area contributed by atoms with E-state index in [9.17, 15) is 9.90 Å². The maximum Gasteiger partial charge on any atom is 0.225 e. The molecule has 3 rings (SSSR count). The number of amides is 1. The summed E-state index contributed by atoms with van der Waals surface area (Å²) in [6, 6.07) is 3.97. The van der Waals surface area contributed by atoms with Crippen molar-refractivity contribution < 1.29 is 14.3 Å². The second-order valence-electron chi connectivity index (χ2n) is 6.48. The zero-order valence-corrected chi connectivity index (χ0v) is 13.0. The number of aliphatic hydroxyl groups excluding tert-OH is 1. The number of furan rings is 1. The molecule has 0 spiro atoms. The van der Waals surface area contributed by atoms with Crippen LogP contribution >= 0.6 is 0 Å². The van der Waals surface area contributed by atoms with Crippen molar-refractivity contribution in [3.05, 3.63) is 24.2 Å². The van der Waals surface area contributed by atoms with Crippen LogP contribution in [0.5, 0.6) is 0 Å². The van der Waals surface area contributed by atoms with Crippen LogP contribution in [0.4, 0.5) is 0 Å². The summed E-state index contributed by atoms with van der Waals surface area (Å²) in [5, 5.41) is 12.9. The number of carbonyl (C=O) groups is 1. The van der Waals surface area contributed by atoms with Crippen LogP contribution in [0.2, 0.25) is 0 Å². The molecule has 1 aromatic rings. The first kappa shape index (κ1) is 15.6. The van der Waals surface area contributed by atoms with Crippen molar-refractivity contribution in [3.8, 4) is 0 Å². The van der Waals surface area contributed by atoms with E-state index in [1.54, 1.807) is 6.26 Å². The van der Waals surface area contributed by atoms with Crippen molar-refractivity contribution in [1.82, 2.24) is 10.2 Å². The molecule has 0 radical (unpaired) electrons. The Morgan fingerprint density at radius 2 is 2.14 bits per heavy atom. The molecule has 2 N–H and O–H groups in total. The fraction of sp³-hybridized carbons (Fsp3) is 0.706. The van der Waals surface area contributed by atoms with Crippen LogP contribution in [-0.4, -0.2) is 41.7 Å². The second-order valence-corrected chi connectivity index (χ2v) is 6.48. The molecule has 1 aromatic heterocycles. The van der Waals surface area contributed by atoms with Gasteiger partial charge in [-0.15, -0.1) is 0 Å². The molecule has 22 heavy (non-hydrogen) atoms. The summed E-state index contributed by atoms with van der Waals surface area (Å²) in [6.07, 6.45) is 7.37. The van der Waals surface area contributed by atoms with Crippen molar-refractivity contribution in [3.63, 3.8) is 0 Å². The van der Waals surface area contributed by atoms with E-state index in [0.29, 0.717) is 6.54 Å². The van der Waals surface area contributed by atoms with Crippen LogP contribution in [0.3, 0.4) is 0 Å². The molecular weight excluding hydrogens is 280 g/mol. The molecule has 0 bridgehead atoms. The summed E-state index contributed by atoms with van der Waals surface area (Å²) in [7, 11) is 0. The van der Waals surface area contributed by atoms with Gasteiger partial charge < -0.3 is 14.8 Å². The van der Waals surface area contributed by atoms with Gasteiger partial charge >= 0.3 is 0 Å². The Bertz CT molecular complexity index is 468. The van der Waals surface area contributed by atoms with E-state index in [0.717, 1.165) is 38.1 Å². The molecule has 0 aromatic carbocycles. The summed E-state index contributed by atoms with van der Waals surface area (Å²) >= 11 is 0. The van der Waals surface area contributed by atoms with Crippen molar-refractivity contribution in [1.29, 1.82) is 0 Å². The van der Waals surface area contributed by atoms with Crippen LogP contribution in [0.1, 0.15) is 50.3 Å². The number of nitrogens with one attached hydrogen (secondary N) is 1. The zero-order valence-electron chi connectivity index (χ0n) is 13.0. The number of hydrogen-bond donors (Lipinski definition) is 2. The average molecular weight is 306 g/mol. The van der Waals surface area contributed by atoms with E-state index in [1.807, 2.05) is 12.1 Å². The maximum absolute atomic E-state index is 12.3. The Hall–Kier alpha value is -1.33. The molecule has 1 aliphatic heterocycles.